The van der Waals surface area contributed by atoms with Crippen LogP contribution in [0.15, 0.2) is 42.5 Å². The lowest BCUT2D eigenvalue weighted by molar-refractivity contribution is -0.384. The third-order valence-corrected chi connectivity index (χ3v) is 3.62. The van der Waals surface area contributed by atoms with Crippen molar-refractivity contribution in [3.8, 4) is 5.06 Å². The average Bonchev–Trinajstić information content (AvgIpc) is 2.94. The van der Waals surface area contributed by atoms with Gasteiger partial charge in [0.05, 0.1) is 16.9 Å². The number of methoxy groups -OCH3 is 1. The number of ketones is 1. The SMILES string of the molecule is COc1ccc(C(=O)/C=C/c2ccc([N+](=O)[O-])cc2)s1. The summed E-state index contributed by atoms with van der Waals surface area (Å²) >= 11 is 1.27. The van der Waals surface area contributed by atoms with E-state index in [0.29, 0.717) is 9.94 Å². The predicted octanol–water partition coefficient (Wildman–Crippen LogP) is 3.56. The van der Waals surface area contributed by atoms with Crippen LogP contribution in [0.25, 0.3) is 6.08 Å². The van der Waals surface area contributed by atoms with Crippen LogP contribution in [0.4, 0.5) is 5.69 Å². The van der Waals surface area contributed by atoms with E-state index in [0.717, 1.165) is 5.56 Å². The van der Waals surface area contributed by atoms with E-state index in [-0.39, 0.29) is 11.5 Å². The molecule has 0 spiro atoms. The lowest BCUT2D eigenvalue weighted by atomic mass is 10.1. The van der Waals surface area contributed by atoms with Crippen molar-refractivity contribution in [2.75, 3.05) is 7.11 Å². The van der Waals surface area contributed by atoms with Crippen LogP contribution >= 0.6 is 11.3 Å². The summed E-state index contributed by atoms with van der Waals surface area (Å²) < 4.78 is 5.02. The zero-order valence-corrected chi connectivity index (χ0v) is 11.4. The molecule has 5 nitrogen and oxygen atoms in total. The van der Waals surface area contributed by atoms with E-state index in [1.54, 1.807) is 37.5 Å². The van der Waals surface area contributed by atoms with Crippen molar-refractivity contribution < 1.29 is 14.5 Å². The molecule has 0 saturated heterocycles. The van der Waals surface area contributed by atoms with E-state index in [1.807, 2.05) is 0 Å². The summed E-state index contributed by atoms with van der Waals surface area (Å²) in [7, 11) is 1.55. The first-order valence-electron chi connectivity index (χ1n) is 5.71. The number of allylic oxidation sites excluding steroid dienone is 1. The van der Waals surface area contributed by atoms with Crippen LogP contribution in [-0.4, -0.2) is 17.8 Å². The van der Waals surface area contributed by atoms with Gasteiger partial charge in [-0.3, -0.25) is 14.9 Å². The number of carbonyl (C=O) groups excluding carboxylic acids is 1. The van der Waals surface area contributed by atoms with Gasteiger partial charge in [-0.1, -0.05) is 17.4 Å². The van der Waals surface area contributed by atoms with Crippen molar-refractivity contribution in [2.45, 2.75) is 0 Å². The molecule has 0 bridgehead atoms. The summed E-state index contributed by atoms with van der Waals surface area (Å²) in [5.74, 6) is -0.128. The highest BCUT2D eigenvalue weighted by Gasteiger charge is 2.06. The summed E-state index contributed by atoms with van der Waals surface area (Å²) in [5.41, 5.74) is 0.754. The summed E-state index contributed by atoms with van der Waals surface area (Å²) in [4.78, 5) is 22.5. The Kier molecular flexibility index (Phi) is 4.27. The number of benzene rings is 1. The molecule has 2 rings (SSSR count). The van der Waals surface area contributed by atoms with E-state index in [2.05, 4.69) is 0 Å². The summed E-state index contributed by atoms with van der Waals surface area (Å²) in [6, 6.07) is 9.42. The first-order valence-corrected chi connectivity index (χ1v) is 6.52. The molecule has 6 heteroatoms. The van der Waals surface area contributed by atoms with Crippen LogP contribution in [0.3, 0.4) is 0 Å². The van der Waals surface area contributed by atoms with Crippen molar-refractivity contribution >= 4 is 28.9 Å². The maximum absolute atomic E-state index is 11.9. The molecule has 0 radical (unpaired) electrons. The van der Waals surface area contributed by atoms with Gasteiger partial charge in [0.2, 0.25) is 0 Å². The van der Waals surface area contributed by atoms with Crippen LogP contribution in [0.5, 0.6) is 5.06 Å². The molecule has 20 heavy (non-hydrogen) atoms. The zero-order chi connectivity index (χ0) is 14.5. The van der Waals surface area contributed by atoms with Gasteiger partial charge in [-0.2, -0.15) is 0 Å². The molecule has 1 heterocycles. The van der Waals surface area contributed by atoms with Gasteiger partial charge in [-0.05, 0) is 35.9 Å². The Hall–Kier alpha value is -2.47. The fourth-order valence-corrected chi connectivity index (χ4v) is 2.26. The molecule has 0 unspecified atom stereocenters. The fourth-order valence-electron chi connectivity index (χ4n) is 1.52. The average molecular weight is 289 g/mol. The van der Waals surface area contributed by atoms with Crippen LogP contribution in [0, 0.1) is 10.1 Å². The number of thiophene rings is 1. The summed E-state index contributed by atoms with van der Waals surface area (Å²) in [6.45, 7) is 0. The minimum atomic E-state index is -0.462. The first-order chi connectivity index (χ1) is 9.60. The molecule has 1 aromatic carbocycles. The van der Waals surface area contributed by atoms with Crippen molar-refractivity contribution in [2.24, 2.45) is 0 Å². The van der Waals surface area contributed by atoms with Crippen LogP contribution in [-0.2, 0) is 0 Å². The lowest BCUT2D eigenvalue weighted by Gasteiger charge is -1.94. The number of non-ortho nitro benzene ring substituents is 1. The molecule has 0 atom stereocenters. The van der Waals surface area contributed by atoms with E-state index < -0.39 is 4.92 Å². The molecule has 0 N–H and O–H groups in total. The molecule has 2 aromatic rings. The third kappa shape index (κ3) is 3.30. The van der Waals surface area contributed by atoms with Gasteiger partial charge in [-0.25, -0.2) is 0 Å². The number of nitrogens with zero attached hydrogens (tertiary/aromatic N) is 1. The van der Waals surface area contributed by atoms with Crippen molar-refractivity contribution in [3.05, 3.63) is 63.0 Å². The Morgan fingerprint density at radius 1 is 1.25 bits per heavy atom. The number of nitro groups is 1. The van der Waals surface area contributed by atoms with Gasteiger partial charge < -0.3 is 4.74 Å². The minimum absolute atomic E-state index is 0.0245. The van der Waals surface area contributed by atoms with Gasteiger partial charge in [0.15, 0.2) is 10.8 Å². The Morgan fingerprint density at radius 3 is 2.50 bits per heavy atom. The number of carbonyl (C=O) groups is 1. The van der Waals surface area contributed by atoms with Crippen LogP contribution in [0.1, 0.15) is 15.2 Å². The molecule has 0 saturated carbocycles. The monoisotopic (exact) mass is 289 g/mol. The quantitative estimate of drug-likeness (QED) is 0.365. The molecule has 0 aliphatic heterocycles. The van der Waals surface area contributed by atoms with Crippen molar-refractivity contribution in [1.29, 1.82) is 0 Å². The molecule has 0 fully saturated rings. The summed E-state index contributed by atoms with van der Waals surface area (Å²) in [5, 5.41) is 11.2. The molecule has 1 aromatic heterocycles. The second-order valence-corrected chi connectivity index (χ2v) is 4.92. The second-order valence-electron chi connectivity index (χ2n) is 3.87. The van der Waals surface area contributed by atoms with Crippen molar-refractivity contribution in [3.63, 3.8) is 0 Å². The van der Waals surface area contributed by atoms with E-state index in [4.69, 9.17) is 4.74 Å². The molecule has 102 valence electrons. The van der Waals surface area contributed by atoms with Gasteiger partial charge in [0.25, 0.3) is 5.69 Å². The van der Waals surface area contributed by atoms with Gasteiger partial charge in [-0.15, -0.1) is 0 Å². The largest absolute Gasteiger partial charge is 0.487 e. The van der Waals surface area contributed by atoms with E-state index >= 15 is 0 Å². The fraction of sp³-hybridized carbons (Fsp3) is 0.0714. The standard InChI is InChI=1S/C14H11NO4S/c1-19-14-9-8-13(20-14)12(16)7-4-10-2-5-11(6-3-10)15(17)18/h2-9H,1H3/b7-4+. The molecule has 0 aliphatic carbocycles. The topological polar surface area (TPSA) is 69.4 Å². The van der Waals surface area contributed by atoms with Crippen molar-refractivity contribution in [1.82, 2.24) is 0 Å². The molecule has 0 aliphatic rings. The zero-order valence-electron chi connectivity index (χ0n) is 10.6. The van der Waals surface area contributed by atoms with Crippen LogP contribution in [0.2, 0.25) is 0 Å². The first kappa shape index (κ1) is 14.0. The number of hydrogen-bond donors (Lipinski definition) is 0. The summed E-state index contributed by atoms with van der Waals surface area (Å²) in [6.07, 6.45) is 3.06. The maximum Gasteiger partial charge on any atom is 0.269 e. The lowest BCUT2D eigenvalue weighted by Crippen LogP contribution is -1.89. The van der Waals surface area contributed by atoms with Crippen LogP contribution < -0.4 is 4.74 Å². The van der Waals surface area contributed by atoms with Gasteiger partial charge in [0, 0.05) is 12.1 Å². The molecular weight excluding hydrogens is 278 g/mol. The Morgan fingerprint density at radius 2 is 1.95 bits per heavy atom. The molecule has 0 amide bonds. The van der Waals surface area contributed by atoms with E-state index in [9.17, 15) is 14.9 Å². The highest BCUT2D eigenvalue weighted by molar-refractivity contribution is 7.15. The number of nitro benzene ring substituents is 1. The Balaban J connectivity index is 2.08. The maximum atomic E-state index is 11.9. The number of ether oxygens (including phenoxy) is 1. The highest BCUT2D eigenvalue weighted by atomic mass is 32.1. The Bertz CT molecular complexity index is 658. The Labute approximate surface area is 119 Å². The minimum Gasteiger partial charge on any atom is -0.487 e. The normalized spacial score (nSPS) is 10.7. The molecular formula is C14H11NO4S. The number of hydrogen-bond acceptors (Lipinski definition) is 5. The van der Waals surface area contributed by atoms with E-state index in [1.165, 1.54) is 29.5 Å². The second kappa shape index (κ2) is 6.12. The smallest absolute Gasteiger partial charge is 0.269 e. The third-order valence-electron chi connectivity index (χ3n) is 2.56. The van der Waals surface area contributed by atoms with Gasteiger partial charge >= 0.3 is 0 Å². The highest BCUT2D eigenvalue weighted by Crippen LogP contribution is 2.24. The number of rotatable bonds is 5. The predicted molar refractivity (Wildman–Crippen MR) is 77.3 cm³/mol. The van der Waals surface area contributed by atoms with Gasteiger partial charge in [0.1, 0.15) is 0 Å².